The fraction of sp³-hybridized carbons (Fsp3) is 0.417. The van der Waals surface area contributed by atoms with Crippen molar-refractivity contribution in [3.8, 4) is 0 Å². The van der Waals surface area contributed by atoms with Gasteiger partial charge in [0.15, 0.2) is 4.77 Å². The molecule has 0 radical (unpaired) electrons. The molecule has 2 nitrogen and oxygen atoms in total. The van der Waals surface area contributed by atoms with Crippen molar-refractivity contribution in [3.05, 3.63) is 28.5 Å². The molecule has 0 unspecified atom stereocenters. The molecule has 0 amide bonds. The number of H-pyrrole nitrogens is 1. The maximum Gasteiger partial charge on any atom is 0.178 e. The minimum atomic E-state index is 0.0153. The lowest BCUT2D eigenvalue weighted by molar-refractivity contribution is 0.403. The second-order valence-electron chi connectivity index (χ2n) is 4.91. The van der Waals surface area contributed by atoms with E-state index in [2.05, 4.69) is 55.4 Å². The monoisotopic (exact) mass is 220 g/mol. The number of aromatic nitrogens is 2. The zero-order valence-corrected chi connectivity index (χ0v) is 10.4. The molecule has 1 heterocycles. The number of hydrogen-bond donors (Lipinski definition) is 1. The zero-order chi connectivity index (χ0) is 11.2. The summed E-state index contributed by atoms with van der Waals surface area (Å²) in [6.07, 6.45) is 0. The van der Waals surface area contributed by atoms with Crippen molar-refractivity contribution in [2.75, 3.05) is 0 Å². The SMILES string of the molecule is Cc1cccc2[nH]c(=S)n(C(C)(C)C)c12. The molecule has 80 valence electrons. The Kier molecular flexibility index (Phi) is 2.23. The molecule has 15 heavy (non-hydrogen) atoms. The van der Waals surface area contributed by atoms with E-state index < -0.39 is 0 Å². The highest BCUT2D eigenvalue weighted by molar-refractivity contribution is 7.71. The van der Waals surface area contributed by atoms with E-state index in [1.807, 2.05) is 0 Å². The summed E-state index contributed by atoms with van der Waals surface area (Å²) < 4.78 is 2.99. The van der Waals surface area contributed by atoms with Gasteiger partial charge in [-0.25, -0.2) is 0 Å². The van der Waals surface area contributed by atoms with Crippen molar-refractivity contribution in [3.63, 3.8) is 0 Å². The molecule has 0 atom stereocenters. The quantitative estimate of drug-likeness (QED) is 0.670. The number of hydrogen-bond acceptors (Lipinski definition) is 1. The number of benzene rings is 1. The Morgan fingerprint density at radius 2 is 1.93 bits per heavy atom. The van der Waals surface area contributed by atoms with Crippen molar-refractivity contribution in [1.82, 2.24) is 9.55 Å². The second kappa shape index (κ2) is 3.20. The van der Waals surface area contributed by atoms with Crippen LogP contribution in [0, 0.1) is 11.7 Å². The molecule has 2 aromatic rings. The van der Waals surface area contributed by atoms with Crippen molar-refractivity contribution < 1.29 is 0 Å². The Bertz CT molecular complexity index is 555. The van der Waals surface area contributed by atoms with E-state index in [4.69, 9.17) is 12.2 Å². The molecule has 1 aromatic heterocycles. The molecular weight excluding hydrogens is 204 g/mol. The lowest BCUT2D eigenvalue weighted by Crippen LogP contribution is -2.21. The number of nitrogens with zero attached hydrogens (tertiary/aromatic N) is 1. The van der Waals surface area contributed by atoms with Gasteiger partial charge in [0.05, 0.1) is 11.0 Å². The van der Waals surface area contributed by atoms with Crippen molar-refractivity contribution >= 4 is 23.3 Å². The van der Waals surface area contributed by atoms with Gasteiger partial charge in [-0.3, -0.25) is 0 Å². The van der Waals surface area contributed by atoms with Gasteiger partial charge in [-0.15, -0.1) is 0 Å². The van der Waals surface area contributed by atoms with Gasteiger partial charge in [-0.05, 0) is 51.5 Å². The normalized spacial score (nSPS) is 12.3. The predicted molar refractivity (Wildman–Crippen MR) is 66.9 cm³/mol. The summed E-state index contributed by atoms with van der Waals surface area (Å²) in [7, 11) is 0. The summed E-state index contributed by atoms with van der Waals surface area (Å²) in [6.45, 7) is 8.63. The zero-order valence-electron chi connectivity index (χ0n) is 9.59. The van der Waals surface area contributed by atoms with Crippen LogP contribution in [0.3, 0.4) is 0 Å². The third kappa shape index (κ3) is 1.61. The van der Waals surface area contributed by atoms with Crippen LogP contribution in [-0.2, 0) is 5.54 Å². The Labute approximate surface area is 94.9 Å². The van der Waals surface area contributed by atoms with Crippen LogP contribution in [0.15, 0.2) is 18.2 Å². The summed E-state index contributed by atoms with van der Waals surface area (Å²) in [6, 6.07) is 6.24. The Hall–Kier alpha value is -1.09. The van der Waals surface area contributed by atoms with E-state index in [0.29, 0.717) is 0 Å². The number of aromatic amines is 1. The van der Waals surface area contributed by atoms with Gasteiger partial charge in [0.25, 0.3) is 0 Å². The molecule has 3 heteroatoms. The molecule has 1 N–H and O–H groups in total. The van der Waals surface area contributed by atoms with Gasteiger partial charge in [0, 0.05) is 5.54 Å². The fourth-order valence-corrected chi connectivity index (χ4v) is 2.44. The number of para-hydroxylation sites is 1. The highest BCUT2D eigenvalue weighted by Crippen LogP contribution is 2.25. The van der Waals surface area contributed by atoms with Gasteiger partial charge >= 0.3 is 0 Å². The third-order valence-corrected chi connectivity index (χ3v) is 2.86. The van der Waals surface area contributed by atoms with Crippen LogP contribution in [0.25, 0.3) is 11.0 Å². The average Bonchev–Trinajstić information content (AvgIpc) is 2.41. The first-order valence-corrected chi connectivity index (χ1v) is 5.53. The predicted octanol–water partition coefficient (Wildman–Crippen LogP) is 3.76. The highest BCUT2D eigenvalue weighted by Gasteiger charge is 2.18. The van der Waals surface area contributed by atoms with Crippen molar-refractivity contribution in [1.29, 1.82) is 0 Å². The van der Waals surface area contributed by atoms with Crippen molar-refractivity contribution in [2.24, 2.45) is 0 Å². The smallest absolute Gasteiger partial charge is 0.178 e. The number of rotatable bonds is 0. The first kappa shape index (κ1) is 10.4. The summed E-state index contributed by atoms with van der Waals surface area (Å²) in [4.78, 5) is 3.25. The largest absolute Gasteiger partial charge is 0.331 e. The van der Waals surface area contributed by atoms with Crippen LogP contribution in [0.5, 0.6) is 0 Å². The Morgan fingerprint density at radius 3 is 2.53 bits per heavy atom. The summed E-state index contributed by atoms with van der Waals surface area (Å²) >= 11 is 5.37. The molecule has 0 saturated heterocycles. The van der Waals surface area contributed by atoms with Crippen LogP contribution in [-0.4, -0.2) is 9.55 Å². The van der Waals surface area contributed by atoms with E-state index in [1.165, 1.54) is 11.1 Å². The minimum absolute atomic E-state index is 0.0153. The second-order valence-corrected chi connectivity index (χ2v) is 5.29. The molecular formula is C12H16N2S. The molecule has 0 aliphatic rings. The Balaban J connectivity index is 2.96. The average molecular weight is 220 g/mol. The number of imidazole rings is 1. The van der Waals surface area contributed by atoms with Gasteiger partial charge in [-0.2, -0.15) is 0 Å². The molecule has 0 fully saturated rings. The van der Waals surface area contributed by atoms with Gasteiger partial charge in [-0.1, -0.05) is 12.1 Å². The summed E-state index contributed by atoms with van der Waals surface area (Å²) in [5, 5.41) is 0. The van der Waals surface area contributed by atoms with Gasteiger partial charge in [0.1, 0.15) is 0 Å². The van der Waals surface area contributed by atoms with Gasteiger partial charge in [0.2, 0.25) is 0 Å². The molecule has 0 bridgehead atoms. The van der Waals surface area contributed by atoms with Crippen LogP contribution >= 0.6 is 12.2 Å². The molecule has 0 spiro atoms. The maximum absolute atomic E-state index is 5.37. The lowest BCUT2D eigenvalue weighted by atomic mass is 10.1. The van der Waals surface area contributed by atoms with Crippen LogP contribution in [0.1, 0.15) is 26.3 Å². The van der Waals surface area contributed by atoms with Gasteiger partial charge < -0.3 is 9.55 Å². The van der Waals surface area contributed by atoms with Crippen LogP contribution in [0.2, 0.25) is 0 Å². The van der Waals surface area contributed by atoms with E-state index in [0.717, 1.165) is 10.3 Å². The van der Waals surface area contributed by atoms with Crippen LogP contribution < -0.4 is 0 Å². The maximum atomic E-state index is 5.37. The number of aryl methyl sites for hydroxylation is 1. The first-order valence-electron chi connectivity index (χ1n) is 5.12. The standard InChI is InChI=1S/C12H16N2S/c1-8-6-5-7-9-10(8)14(11(15)13-9)12(2,3)4/h5-7H,1-4H3,(H,13,15). The number of nitrogens with one attached hydrogen (secondary N) is 1. The molecule has 2 rings (SSSR count). The molecule has 0 saturated carbocycles. The molecule has 0 aliphatic heterocycles. The van der Waals surface area contributed by atoms with E-state index >= 15 is 0 Å². The third-order valence-electron chi connectivity index (χ3n) is 2.58. The summed E-state index contributed by atoms with van der Waals surface area (Å²) in [5.74, 6) is 0. The summed E-state index contributed by atoms with van der Waals surface area (Å²) in [5.41, 5.74) is 3.61. The first-order chi connectivity index (χ1) is 6.91. The van der Waals surface area contributed by atoms with E-state index in [1.54, 1.807) is 0 Å². The van der Waals surface area contributed by atoms with E-state index in [9.17, 15) is 0 Å². The fourth-order valence-electron chi connectivity index (χ4n) is 1.97. The van der Waals surface area contributed by atoms with Crippen LogP contribution in [0.4, 0.5) is 0 Å². The van der Waals surface area contributed by atoms with E-state index in [-0.39, 0.29) is 5.54 Å². The highest BCUT2D eigenvalue weighted by atomic mass is 32.1. The number of fused-ring (bicyclic) bond motifs is 1. The molecule has 1 aromatic carbocycles. The lowest BCUT2D eigenvalue weighted by Gasteiger charge is -2.22. The van der Waals surface area contributed by atoms with Crippen molar-refractivity contribution in [2.45, 2.75) is 33.2 Å². The Morgan fingerprint density at radius 1 is 1.27 bits per heavy atom. The molecule has 0 aliphatic carbocycles. The minimum Gasteiger partial charge on any atom is -0.331 e. The topological polar surface area (TPSA) is 20.7 Å².